The van der Waals surface area contributed by atoms with Crippen LogP contribution in [0.25, 0.3) is 0 Å². The van der Waals surface area contributed by atoms with Crippen LogP contribution in [-0.4, -0.2) is 68.5 Å². The van der Waals surface area contributed by atoms with Crippen LogP contribution in [0.1, 0.15) is 284 Å². The molecule has 0 bridgehead atoms. The molecule has 0 aliphatic rings. The summed E-state index contributed by atoms with van der Waals surface area (Å²) in [5.74, 6) is -0.160. The highest BCUT2D eigenvalue weighted by Crippen LogP contribution is 2.38. The third-order valence-corrected chi connectivity index (χ3v) is 14.2. The van der Waals surface area contributed by atoms with Crippen LogP contribution in [0.5, 0.6) is 0 Å². The van der Waals surface area contributed by atoms with E-state index in [1.54, 1.807) is 0 Å². The van der Waals surface area contributed by atoms with Gasteiger partial charge in [-0.05, 0) is 44.9 Å². The van der Waals surface area contributed by atoms with Crippen LogP contribution in [0.4, 0.5) is 0 Å². The molecule has 3 atom stereocenters. The first kappa shape index (κ1) is 65.0. The SMILES string of the molecule is CCCCCCC/C=C\C/C=C\CCCCCCCCCCCCCCCCCCCC(=O)NC(COP(=O)([O-])OCC[N+](C)(C)C)C(O)CCCCCCCCCCCCCCCCC. The number of hydrogen-bond acceptors (Lipinski definition) is 6. The highest BCUT2D eigenvalue weighted by Gasteiger charge is 2.24. The number of hydrogen-bond donors (Lipinski definition) is 2. The van der Waals surface area contributed by atoms with E-state index in [-0.39, 0.29) is 19.1 Å². The van der Waals surface area contributed by atoms with Gasteiger partial charge in [-0.2, -0.15) is 0 Å². The molecule has 2 N–H and O–H groups in total. The number of nitrogens with one attached hydrogen (secondary N) is 1. The van der Waals surface area contributed by atoms with E-state index in [0.29, 0.717) is 23.9 Å². The zero-order valence-corrected chi connectivity index (χ0v) is 45.6. The maximum absolute atomic E-state index is 13.0. The number of carbonyl (C=O) groups excluding carboxylic acids is 1. The van der Waals surface area contributed by atoms with Gasteiger partial charge in [0.2, 0.25) is 5.91 Å². The first-order valence-corrected chi connectivity index (χ1v) is 30.1. The molecule has 0 aliphatic carbocycles. The van der Waals surface area contributed by atoms with Crippen molar-refractivity contribution in [2.24, 2.45) is 0 Å². The third-order valence-electron chi connectivity index (χ3n) is 13.2. The van der Waals surface area contributed by atoms with E-state index < -0.39 is 20.0 Å². The molecule has 8 nitrogen and oxygen atoms in total. The number of unbranched alkanes of at least 4 members (excludes halogenated alkanes) is 36. The molecule has 0 saturated carbocycles. The Balaban J connectivity index is 4.06. The van der Waals surface area contributed by atoms with Gasteiger partial charge in [-0.3, -0.25) is 9.36 Å². The number of phosphoric ester groups is 1. The Morgan fingerprint density at radius 1 is 0.530 bits per heavy atom. The van der Waals surface area contributed by atoms with Crippen molar-refractivity contribution in [2.75, 3.05) is 40.9 Å². The molecule has 0 aromatic carbocycles. The molecule has 0 aromatic rings. The molecule has 9 heteroatoms. The minimum absolute atomic E-state index is 0.0143. The molecular weight excluding hydrogens is 840 g/mol. The Hall–Kier alpha value is -1.02. The molecule has 0 spiro atoms. The van der Waals surface area contributed by atoms with Crippen molar-refractivity contribution in [3.63, 3.8) is 0 Å². The Kier molecular flexibility index (Phi) is 48.2. The van der Waals surface area contributed by atoms with Gasteiger partial charge in [0.25, 0.3) is 7.82 Å². The number of amides is 1. The lowest BCUT2D eigenvalue weighted by Crippen LogP contribution is -2.46. The summed E-state index contributed by atoms with van der Waals surface area (Å²) in [4.78, 5) is 25.5. The number of carbonyl (C=O) groups is 1. The van der Waals surface area contributed by atoms with Gasteiger partial charge in [-0.15, -0.1) is 0 Å². The van der Waals surface area contributed by atoms with E-state index in [2.05, 4.69) is 43.5 Å². The molecule has 0 radical (unpaired) electrons. The maximum atomic E-state index is 13.0. The van der Waals surface area contributed by atoms with Crippen LogP contribution < -0.4 is 10.2 Å². The summed E-state index contributed by atoms with van der Waals surface area (Å²) < 4.78 is 23.4. The van der Waals surface area contributed by atoms with Crippen LogP contribution in [0.15, 0.2) is 24.3 Å². The fourth-order valence-electron chi connectivity index (χ4n) is 8.66. The first-order valence-electron chi connectivity index (χ1n) is 28.7. The number of phosphoric acid groups is 1. The largest absolute Gasteiger partial charge is 0.756 e. The second kappa shape index (κ2) is 49.0. The summed E-state index contributed by atoms with van der Waals surface area (Å²) in [5, 5.41) is 14.0. The average Bonchev–Trinajstić information content (AvgIpc) is 3.28. The summed E-state index contributed by atoms with van der Waals surface area (Å²) in [6, 6.07) is -0.798. The fourth-order valence-corrected chi connectivity index (χ4v) is 9.38. The Morgan fingerprint density at radius 3 is 1.26 bits per heavy atom. The van der Waals surface area contributed by atoms with Crippen molar-refractivity contribution in [1.82, 2.24) is 5.32 Å². The quantitative estimate of drug-likeness (QED) is 0.0272. The highest BCUT2D eigenvalue weighted by atomic mass is 31.2. The van der Waals surface area contributed by atoms with Gasteiger partial charge in [-0.1, -0.05) is 256 Å². The molecule has 3 unspecified atom stereocenters. The lowest BCUT2D eigenvalue weighted by atomic mass is 10.0. The standard InChI is InChI=1S/C57H113N2O6P/c1-6-8-10-12-14-16-18-20-22-23-24-25-26-27-28-29-30-31-32-33-34-35-37-39-41-43-45-47-49-51-57(61)58-55(54-65-66(62,63)64-53-52-59(3,4)5)56(60)50-48-46-44-42-40-38-36-21-19-17-15-13-11-9-7-2/h18,20,23-24,55-56,60H,6-17,19,21-22,25-54H2,1-5H3,(H-,58,61,62,63)/b20-18-,24-23-. The molecule has 66 heavy (non-hydrogen) atoms. The van der Waals surface area contributed by atoms with Crippen molar-refractivity contribution in [3.05, 3.63) is 24.3 Å². The molecule has 0 rings (SSSR count). The summed E-state index contributed by atoms with van der Waals surface area (Å²) in [5.41, 5.74) is 0. The maximum Gasteiger partial charge on any atom is 0.268 e. The van der Waals surface area contributed by atoms with E-state index in [1.165, 1.54) is 212 Å². The predicted octanol–water partition coefficient (Wildman–Crippen LogP) is 16.6. The highest BCUT2D eigenvalue weighted by molar-refractivity contribution is 7.45. The summed E-state index contributed by atoms with van der Waals surface area (Å²) >= 11 is 0. The first-order chi connectivity index (χ1) is 32.0. The van der Waals surface area contributed by atoms with E-state index in [4.69, 9.17) is 9.05 Å². The number of allylic oxidation sites excluding steroid dienone is 4. The van der Waals surface area contributed by atoms with Gasteiger partial charge in [0.1, 0.15) is 13.2 Å². The van der Waals surface area contributed by atoms with E-state index in [9.17, 15) is 19.4 Å². The van der Waals surface area contributed by atoms with Gasteiger partial charge >= 0.3 is 0 Å². The number of likely N-dealkylation sites (N-methyl/N-ethyl adjacent to an activating group) is 1. The monoisotopic (exact) mass is 953 g/mol. The molecular formula is C57H113N2O6P. The minimum atomic E-state index is -4.57. The van der Waals surface area contributed by atoms with E-state index in [1.807, 2.05) is 21.1 Å². The second-order valence-electron chi connectivity index (χ2n) is 21.0. The van der Waals surface area contributed by atoms with Crippen molar-refractivity contribution in [1.29, 1.82) is 0 Å². The Bertz CT molecular complexity index is 1130. The molecule has 0 aromatic heterocycles. The molecule has 0 fully saturated rings. The van der Waals surface area contributed by atoms with Gasteiger partial charge in [-0.25, -0.2) is 0 Å². The number of rotatable bonds is 53. The van der Waals surface area contributed by atoms with Crippen molar-refractivity contribution < 1.29 is 32.9 Å². The number of aliphatic hydroxyl groups is 1. The molecule has 392 valence electrons. The van der Waals surface area contributed by atoms with E-state index >= 15 is 0 Å². The van der Waals surface area contributed by atoms with Gasteiger partial charge < -0.3 is 28.8 Å². The molecule has 1 amide bonds. The minimum Gasteiger partial charge on any atom is -0.756 e. The predicted molar refractivity (Wildman–Crippen MR) is 284 cm³/mol. The van der Waals surface area contributed by atoms with Crippen LogP contribution in [0.2, 0.25) is 0 Å². The van der Waals surface area contributed by atoms with Crippen LogP contribution >= 0.6 is 7.82 Å². The van der Waals surface area contributed by atoms with Crippen LogP contribution in [0, 0.1) is 0 Å². The third kappa shape index (κ3) is 50.8. The van der Waals surface area contributed by atoms with Gasteiger partial charge in [0.15, 0.2) is 0 Å². The number of nitrogens with zero attached hydrogens (tertiary/aromatic N) is 1. The number of quaternary nitrogens is 1. The van der Waals surface area contributed by atoms with Gasteiger partial charge in [0.05, 0.1) is 39.9 Å². The lowest BCUT2D eigenvalue weighted by Gasteiger charge is -2.30. The van der Waals surface area contributed by atoms with Crippen molar-refractivity contribution in [2.45, 2.75) is 296 Å². The van der Waals surface area contributed by atoms with Gasteiger partial charge in [0, 0.05) is 6.42 Å². The van der Waals surface area contributed by atoms with Crippen LogP contribution in [0.3, 0.4) is 0 Å². The van der Waals surface area contributed by atoms with Crippen molar-refractivity contribution >= 4 is 13.7 Å². The molecule has 0 aliphatic heterocycles. The van der Waals surface area contributed by atoms with Crippen LogP contribution in [-0.2, 0) is 18.4 Å². The lowest BCUT2D eigenvalue weighted by molar-refractivity contribution is -0.870. The summed E-state index contributed by atoms with van der Waals surface area (Å²) in [6.45, 7) is 4.74. The fraction of sp³-hybridized carbons (Fsp3) is 0.912. The summed E-state index contributed by atoms with van der Waals surface area (Å²) in [6.07, 6.45) is 60.7. The molecule has 0 heterocycles. The Labute approximate surface area is 411 Å². The molecule has 0 saturated heterocycles. The Morgan fingerprint density at radius 2 is 0.879 bits per heavy atom. The smallest absolute Gasteiger partial charge is 0.268 e. The summed E-state index contributed by atoms with van der Waals surface area (Å²) in [7, 11) is 1.32. The second-order valence-corrected chi connectivity index (χ2v) is 22.4. The topological polar surface area (TPSA) is 108 Å². The number of aliphatic hydroxyl groups excluding tert-OH is 1. The van der Waals surface area contributed by atoms with E-state index in [0.717, 1.165) is 44.9 Å². The average molecular weight is 954 g/mol. The zero-order valence-electron chi connectivity index (χ0n) is 44.7. The zero-order chi connectivity index (χ0) is 48.5. The van der Waals surface area contributed by atoms with Crippen molar-refractivity contribution in [3.8, 4) is 0 Å². The normalized spacial score (nSPS) is 14.1.